The van der Waals surface area contributed by atoms with Crippen molar-refractivity contribution in [2.24, 2.45) is 17.6 Å². The van der Waals surface area contributed by atoms with Crippen LogP contribution in [0.1, 0.15) is 58.8 Å². The van der Waals surface area contributed by atoms with Gasteiger partial charge in [0.2, 0.25) is 0 Å². The van der Waals surface area contributed by atoms with E-state index >= 15 is 0 Å². The second-order valence-corrected chi connectivity index (χ2v) is 5.61. The maximum atomic E-state index is 5.79. The molecule has 96 valence electrons. The molecule has 3 unspecified atom stereocenters. The van der Waals surface area contributed by atoms with Gasteiger partial charge in [-0.2, -0.15) is 0 Å². The summed E-state index contributed by atoms with van der Waals surface area (Å²) in [6, 6.07) is 0.760. The van der Waals surface area contributed by atoms with Crippen LogP contribution in [-0.2, 0) is 0 Å². The molecule has 2 nitrogen and oxygen atoms in total. The lowest BCUT2D eigenvalue weighted by Crippen LogP contribution is -2.35. The Kier molecular flexibility index (Phi) is 7.06. The molecule has 1 aliphatic carbocycles. The minimum Gasteiger partial charge on any atom is -0.330 e. The van der Waals surface area contributed by atoms with Gasteiger partial charge in [-0.15, -0.1) is 0 Å². The van der Waals surface area contributed by atoms with Gasteiger partial charge in [0, 0.05) is 6.04 Å². The van der Waals surface area contributed by atoms with Gasteiger partial charge in [-0.1, -0.05) is 33.1 Å². The van der Waals surface area contributed by atoms with Crippen molar-refractivity contribution in [3.63, 3.8) is 0 Å². The zero-order chi connectivity index (χ0) is 11.8. The molecule has 1 fully saturated rings. The Morgan fingerprint density at radius 2 is 2.06 bits per heavy atom. The zero-order valence-electron chi connectivity index (χ0n) is 11.2. The first-order valence-corrected chi connectivity index (χ1v) is 7.19. The molecule has 0 aromatic heterocycles. The molecule has 0 amide bonds. The molecule has 0 aliphatic heterocycles. The molecule has 0 aromatic carbocycles. The number of hydrogen-bond donors (Lipinski definition) is 2. The normalized spacial score (nSPS) is 28.7. The van der Waals surface area contributed by atoms with Crippen LogP contribution >= 0.6 is 0 Å². The average molecular weight is 226 g/mol. The molecule has 0 heterocycles. The fourth-order valence-electron chi connectivity index (χ4n) is 2.74. The molecule has 0 radical (unpaired) electrons. The van der Waals surface area contributed by atoms with E-state index in [1.54, 1.807) is 0 Å². The van der Waals surface area contributed by atoms with E-state index < -0.39 is 0 Å². The molecule has 3 N–H and O–H groups in total. The van der Waals surface area contributed by atoms with Crippen LogP contribution in [0, 0.1) is 11.8 Å². The molecule has 1 saturated carbocycles. The number of hydrogen-bond acceptors (Lipinski definition) is 2. The summed E-state index contributed by atoms with van der Waals surface area (Å²) >= 11 is 0. The minimum absolute atomic E-state index is 0.686. The van der Waals surface area contributed by atoms with Gasteiger partial charge in [-0.3, -0.25) is 0 Å². The van der Waals surface area contributed by atoms with Crippen LogP contribution in [-0.4, -0.2) is 19.1 Å². The number of rotatable bonds is 6. The van der Waals surface area contributed by atoms with E-state index in [0.717, 1.165) is 25.0 Å². The lowest BCUT2D eigenvalue weighted by molar-refractivity contribution is 0.383. The maximum Gasteiger partial charge on any atom is 0.00672 e. The quantitative estimate of drug-likeness (QED) is 0.683. The first kappa shape index (κ1) is 14.0. The molecule has 0 bridgehead atoms. The fourth-order valence-corrected chi connectivity index (χ4v) is 2.74. The van der Waals surface area contributed by atoms with Crippen LogP contribution in [0.4, 0.5) is 0 Å². The highest BCUT2D eigenvalue weighted by atomic mass is 14.9. The van der Waals surface area contributed by atoms with Crippen LogP contribution < -0.4 is 11.1 Å². The van der Waals surface area contributed by atoms with Crippen LogP contribution in [0.15, 0.2) is 0 Å². The first-order valence-electron chi connectivity index (χ1n) is 7.19. The zero-order valence-corrected chi connectivity index (χ0v) is 11.2. The third-order valence-electron chi connectivity index (χ3n) is 3.98. The summed E-state index contributed by atoms with van der Waals surface area (Å²) in [5, 5.41) is 3.74. The van der Waals surface area contributed by atoms with E-state index in [2.05, 4.69) is 19.2 Å². The van der Waals surface area contributed by atoms with Crippen molar-refractivity contribution in [1.82, 2.24) is 5.32 Å². The monoisotopic (exact) mass is 226 g/mol. The van der Waals surface area contributed by atoms with Gasteiger partial charge in [0.25, 0.3) is 0 Å². The van der Waals surface area contributed by atoms with Crippen molar-refractivity contribution >= 4 is 0 Å². The lowest BCUT2D eigenvalue weighted by Gasteiger charge is -2.21. The van der Waals surface area contributed by atoms with Gasteiger partial charge in [-0.25, -0.2) is 0 Å². The third-order valence-corrected chi connectivity index (χ3v) is 3.98. The second-order valence-electron chi connectivity index (χ2n) is 5.61. The summed E-state index contributed by atoms with van der Waals surface area (Å²) in [6.07, 6.45) is 9.49. The predicted molar refractivity (Wildman–Crippen MR) is 71.5 cm³/mol. The molecule has 0 saturated heterocycles. The van der Waals surface area contributed by atoms with Crippen molar-refractivity contribution in [2.75, 3.05) is 13.1 Å². The van der Waals surface area contributed by atoms with Crippen molar-refractivity contribution in [3.05, 3.63) is 0 Å². The number of nitrogens with two attached hydrogens (primary N) is 1. The van der Waals surface area contributed by atoms with E-state index in [1.165, 1.54) is 44.9 Å². The largest absolute Gasteiger partial charge is 0.330 e. The summed E-state index contributed by atoms with van der Waals surface area (Å²) in [5.41, 5.74) is 5.79. The van der Waals surface area contributed by atoms with Gasteiger partial charge in [0.1, 0.15) is 0 Å². The van der Waals surface area contributed by atoms with Crippen molar-refractivity contribution in [2.45, 2.75) is 64.8 Å². The standard InChI is InChI=1S/C14H30N2/c1-3-5-13(10-15)11-16-14-7-4-6-12(2)8-9-14/h12-14,16H,3-11,15H2,1-2H3. The fraction of sp³-hybridized carbons (Fsp3) is 1.00. The first-order chi connectivity index (χ1) is 7.76. The summed E-state index contributed by atoms with van der Waals surface area (Å²) < 4.78 is 0. The summed E-state index contributed by atoms with van der Waals surface area (Å²) in [4.78, 5) is 0. The van der Waals surface area contributed by atoms with Gasteiger partial charge < -0.3 is 11.1 Å². The topological polar surface area (TPSA) is 38.0 Å². The molecule has 2 heteroatoms. The minimum atomic E-state index is 0.686. The van der Waals surface area contributed by atoms with E-state index in [1.807, 2.05) is 0 Å². The average Bonchev–Trinajstić information content (AvgIpc) is 2.49. The third kappa shape index (κ3) is 5.31. The second kappa shape index (κ2) is 8.08. The van der Waals surface area contributed by atoms with Crippen molar-refractivity contribution in [1.29, 1.82) is 0 Å². The van der Waals surface area contributed by atoms with Crippen LogP contribution in [0.25, 0.3) is 0 Å². The van der Waals surface area contributed by atoms with Gasteiger partial charge >= 0.3 is 0 Å². The Labute approximate surface area is 101 Å². The highest BCUT2D eigenvalue weighted by Crippen LogP contribution is 2.22. The van der Waals surface area contributed by atoms with E-state index in [9.17, 15) is 0 Å². The summed E-state index contributed by atoms with van der Waals surface area (Å²) in [7, 11) is 0. The SMILES string of the molecule is CCCC(CN)CNC1CCCC(C)CC1. The van der Waals surface area contributed by atoms with Crippen molar-refractivity contribution in [3.8, 4) is 0 Å². The van der Waals surface area contributed by atoms with Gasteiger partial charge in [0.05, 0.1) is 0 Å². The maximum absolute atomic E-state index is 5.79. The van der Waals surface area contributed by atoms with Gasteiger partial charge in [-0.05, 0) is 50.6 Å². The van der Waals surface area contributed by atoms with E-state index in [0.29, 0.717) is 5.92 Å². The highest BCUT2D eigenvalue weighted by Gasteiger charge is 2.16. The molecule has 1 rings (SSSR count). The molecule has 16 heavy (non-hydrogen) atoms. The Hall–Kier alpha value is -0.0800. The molecule has 1 aliphatic rings. The van der Waals surface area contributed by atoms with Crippen LogP contribution in [0.2, 0.25) is 0 Å². The van der Waals surface area contributed by atoms with Crippen molar-refractivity contribution < 1.29 is 0 Å². The molecular formula is C14H30N2. The Balaban J connectivity index is 2.20. The molecule has 3 atom stereocenters. The molecule has 0 spiro atoms. The summed E-state index contributed by atoms with van der Waals surface area (Å²) in [5.74, 6) is 1.62. The predicted octanol–water partition coefficient (Wildman–Crippen LogP) is 2.92. The summed E-state index contributed by atoms with van der Waals surface area (Å²) in [6.45, 7) is 6.60. The Morgan fingerprint density at radius 3 is 2.75 bits per heavy atom. The highest BCUT2D eigenvalue weighted by molar-refractivity contribution is 4.75. The Bertz CT molecular complexity index is 170. The Morgan fingerprint density at radius 1 is 1.25 bits per heavy atom. The van der Waals surface area contributed by atoms with E-state index in [4.69, 9.17) is 5.73 Å². The molecular weight excluding hydrogens is 196 g/mol. The number of nitrogens with one attached hydrogen (secondary N) is 1. The van der Waals surface area contributed by atoms with Crippen LogP contribution in [0.3, 0.4) is 0 Å². The smallest absolute Gasteiger partial charge is 0.00672 e. The lowest BCUT2D eigenvalue weighted by atomic mass is 10.0. The van der Waals surface area contributed by atoms with Crippen LogP contribution in [0.5, 0.6) is 0 Å². The van der Waals surface area contributed by atoms with E-state index in [-0.39, 0.29) is 0 Å². The molecule has 0 aromatic rings. The van der Waals surface area contributed by atoms with Gasteiger partial charge in [0.15, 0.2) is 0 Å².